The van der Waals surface area contributed by atoms with Gasteiger partial charge in [0.15, 0.2) is 0 Å². The number of nitrogen functional groups attached to an aromatic ring is 1. The van der Waals surface area contributed by atoms with Gasteiger partial charge in [-0.1, -0.05) is 61.9 Å². The smallest absolute Gasteiger partial charge is 0.241 e. The van der Waals surface area contributed by atoms with Crippen LogP contribution in [0.2, 0.25) is 0 Å². The summed E-state index contributed by atoms with van der Waals surface area (Å²) in [7, 11) is -7.50. The lowest BCUT2D eigenvalue weighted by molar-refractivity contribution is -0.134. The number of carbonyl (C=O) groups excluding carboxylic acids is 1. The van der Waals surface area contributed by atoms with Crippen molar-refractivity contribution >= 4 is 42.6 Å². The molecule has 3 aromatic carbocycles. The molecule has 10 nitrogen and oxygen atoms in total. The van der Waals surface area contributed by atoms with Crippen LogP contribution in [0, 0.1) is 5.41 Å². The Morgan fingerprint density at radius 2 is 1.65 bits per heavy atom. The van der Waals surface area contributed by atoms with Crippen LogP contribution in [0.25, 0.3) is 10.8 Å². The van der Waals surface area contributed by atoms with Gasteiger partial charge in [0.05, 0.1) is 10.6 Å². The van der Waals surface area contributed by atoms with Gasteiger partial charge in [-0.2, -0.15) is 9.03 Å². The standard InChI is InChI=1S/C28H35N5O5S2/c1-2-3-17-39(35,36)33-15-13-32(14-16-33)28(34)26(19-21-7-6-10-24(18-21)27(29)30)31-40(37,38)25-12-11-22-8-4-5-9-23(22)20-25/h4-12,18,20,26,31H,2-3,13-17,19H2,1H3,(H3,29,30)/t26-/m0/s1. The molecule has 4 N–H and O–H groups in total. The van der Waals surface area contributed by atoms with E-state index >= 15 is 0 Å². The van der Waals surface area contributed by atoms with Gasteiger partial charge in [0, 0.05) is 31.7 Å². The van der Waals surface area contributed by atoms with Gasteiger partial charge in [0.1, 0.15) is 11.9 Å². The Kier molecular flexibility index (Phi) is 9.24. The first-order valence-electron chi connectivity index (χ1n) is 13.2. The normalized spacial score (nSPS) is 15.7. The van der Waals surface area contributed by atoms with Crippen molar-refractivity contribution in [3.8, 4) is 0 Å². The minimum atomic E-state index is -4.10. The van der Waals surface area contributed by atoms with Gasteiger partial charge >= 0.3 is 0 Å². The SMILES string of the molecule is CCCCS(=O)(=O)N1CCN(C(=O)[C@H](Cc2cccc(C(=N)N)c2)NS(=O)(=O)c2ccc3ccccc3c2)CC1. The van der Waals surface area contributed by atoms with E-state index in [-0.39, 0.29) is 49.1 Å². The van der Waals surface area contributed by atoms with E-state index in [0.717, 1.165) is 17.2 Å². The topological polar surface area (TPSA) is 154 Å². The van der Waals surface area contributed by atoms with Crippen LogP contribution in [-0.4, -0.2) is 75.8 Å². The van der Waals surface area contributed by atoms with Gasteiger partial charge in [0.25, 0.3) is 0 Å². The number of rotatable bonds is 11. The van der Waals surface area contributed by atoms with Crippen LogP contribution in [-0.2, 0) is 31.3 Å². The molecule has 214 valence electrons. The Balaban J connectivity index is 1.58. The summed E-state index contributed by atoms with van der Waals surface area (Å²) in [5.41, 5.74) is 6.73. The van der Waals surface area contributed by atoms with Crippen molar-refractivity contribution in [1.82, 2.24) is 13.9 Å². The van der Waals surface area contributed by atoms with E-state index in [1.54, 1.807) is 36.4 Å². The summed E-state index contributed by atoms with van der Waals surface area (Å²) < 4.78 is 56.2. The summed E-state index contributed by atoms with van der Waals surface area (Å²) in [5.74, 6) is -0.511. The first-order valence-corrected chi connectivity index (χ1v) is 16.3. The molecule has 0 spiro atoms. The molecule has 0 aliphatic carbocycles. The number of benzene rings is 3. The van der Waals surface area contributed by atoms with Gasteiger partial charge in [0.2, 0.25) is 26.0 Å². The third kappa shape index (κ3) is 7.05. The van der Waals surface area contributed by atoms with Crippen LogP contribution in [0.5, 0.6) is 0 Å². The van der Waals surface area contributed by atoms with Gasteiger partial charge < -0.3 is 10.6 Å². The van der Waals surface area contributed by atoms with Crippen molar-refractivity contribution in [2.75, 3.05) is 31.9 Å². The summed E-state index contributed by atoms with van der Waals surface area (Å²) in [6.45, 7) is 2.55. The quantitative estimate of drug-likeness (QED) is 0.232. The summed E-state index contributed by atoms with van der Waals surface area (Å²) in [5, 5.41) is 9.37. The highest BCUT2D eigenvalue weighted by Gasteiger charge is 2.34. The van der Waals surface area contributed by atoms with Gasteiger partial charge in [-0.25, -0.2) is 16.8 Å². The Hall–Kier alpha value is -3.32. The van der Waals surface area contributed by atoms with Crippen molar-refractivity contribution in [3.05, 3.63) is 77.9 Å². The minimum absolute atomic E-state index is 0.0295. The number of nitrogens with zero attached hydrogens (tertiary/aromatic N) is 2. The predicted octanol–water partition coefficient (Wildman–Crippen LogP) is 2.29. The van der Waals surface area contributed by atoms with Crippen LogP contribution >= 0.6 is 0 Å². The van der Waals surface area contributed by atoms with Gasteiger partial charge in [-0.05, 0) is 47.4 Å². The molecule has 3 aromatic rings. The van der Waals surface area contributed by atoms with Crippen LogP contribution in [0.3, 0.4) is 0 Å². The molecule has 1 saturated heterocycles. The molecule has 0 radical (unpaired) electrons. The highest BCUT2D eigenvalue weighted by Crippen LogP contribution is 2.21. The van der Waals surface area contributed by atoms with Crippen molar-refractivity contribution in [1.29, 1.82) is 5.41 Å². The Labute approximate surface area is 235 Å². The first-order chi connectivity index (χ1) is 19.0. The second-order valence-electron chi connectivity index (χ2n) is 9.89. The van der Waals surface area contributed by atoms with E-state index in [1.165, 1.54) is 15.3 Å². The Bertz CT molecular complexity index is 1600. The maximum atomic E-state index is 13.7. The van der Waals surface area contributed by atoms with Crippen LogP contribution in [0.15, 0.2) is 71.6 Å². The number of hydrogen-bond acceptors (Lipinski definition) is 6. The maximum absolute atomic E-state index is 13.7. The molecule has 0 unspecified atom stereocenters. The van der Waals surface area contributed by atoms with Crippen molar-refractivity contribution in [2.24, 2.45) is 5.73 Å². The first kappa shape index (κ1) is 29.7. The number of unbranched alkanes of at least 4 members (excludes halogenated alkanes) is 1. The molecule has 1 aliphatic rings. The predicted molar refractivity (Wildman–Crippen MR) is 156 cm³/mol. The number of sulfonamides is 2. The molecule has 1 aliphatic heterocycles. The minimum Gasteiger partial charge on any atom is -0.384 e. The molecular formula is C28H35N5O5S2. The number of carbonyl (C=O) groups is 1. The van der Waals surface area contributed by atoms with Crippen LogP contribution < -0.4 is 10.5 Å². The number of piperazine rings is 1. The fraction of sp³-hybridized carbons (Fsp3) is 0.357. The second-order valence-corrected chi connectivity index (χ2v) is 13.7. The fourth-order valence-electron chi connectivity index (χ4n) is 4.73. The lowest BCUT2D eigenvalue weighted by Crippen LogP contribution is -2.56. The number of amides is 1. The molecule has 12 heteroatoms. The second kappa shape index (κ2) is 12.5. The summed E-state index contributed by atoms with van der Waals surface area (Å²) >= 11 is 0. The van der Waals surface area contributed by atoms with E-state index in [0.29, 0.717) is 17.5 Å². The summed E-state index contributed by atoms with van der Waals surface area (Å²) in [6.07, 6.45) is 1.36. The lowest BCUT2D eigenvalue weighted by atomic mass is 10.0. The number of nitrogens with one attached hydrogen (secondary N) is 2. The lowest BCUT2D eigenvalue weighted by Gasteiger charge is -2.36. The van der Waals surface area contributed by atoms with Crippen molar-refractivity contribution in [3.63, 3.8) is 0 Å². The highest BCUT2D eigenvalue weighted by atomic mass is 32.2. The van der Waals surface area contributed by atoms with Gasteiger partial charge in [-0.3, -0.25) is 10.2 Å². The Morgan fingerprint density at radius 1 is 0.950 bits per heavy atom. The molecule has 1 fully saturated rings. The van der Waals surface area contributed by atoms with Crippen molar-refractivity contribution in [2.45, 2.75) is 37.1 Å². The zero-order valence-electron chi connectivity index (χ0n) is 22.4. The maximum Gasteiger partial charge on any atom is 0.241 e. The molecule has 40 heavy (non-hydrogen) atoms. The number of nitrogens with two attached hydrogens (primary N) is 1. The molecule has 4 rings (SSSR count). The number of hydrogen-bond donors (Lipinski definition) is 3. The monoisotopic (exact) mass is 585 g/mol. The Morgan fingerprint density at radius 3 is 2.33 bits per heavy atom. The fourth-order valence-corrected chi connectivity index (χ4v) is 7.59. The zero-order valence-corrected chi connectivity index (χ0v) is 24.0. The molecule has 0 saturated carbocycles. The molecule has 1 heterocycles. The molecule has 0 aromatic heterocycles. The van der Waals surface area contributed by atoms with Crippen molar-refractivity contribution < 1.29 is 21.6 Å². The molecule has 0 bridgehead atoms. The van der Waals surface area contributed by atoms with E-state index in [2.05, 4.69) is 4.72 Å². The highest BCUT2D eigenvalue weighted by molar-refractivity contribution is 7.89. The van der Waals surface area contributed by atoms with Crippen LogP contribution in [0.4, 0.5) is 0 Å². The van der Waals surface area contributed by atoms with E-state index in [4.69, 9.17) is 11.1 Å². The third-order valence-corrected chi connectivity index (χ3v) is 10.4. The van der Waals surface area contributed by atoms with E-state index in [1.807, 2.05) is 31.2 Å². The largest absolute Gasteiger partial charge is 0.384 e. The summed E-state index contributed by atoms with van der Waals surface area (Å²) in [4.78, 5) is 15.3. The summed E-state index contributed by atoms with van der Waals surface area (Å²) in [6, 6.07) is 17.8. The molecular weight excluding hydrogens is 550 g/mol. The zero-order chi connectivity index (χ0) is 28.9. The average Bonchev–Trinajstić information content (AvgIpc) is 2.95. The third-order valence-electron chi connectivity index (χ3n) is 7.00. The van der Waals surface area contributed by atoms with Crippen LogP contribution in [0.1, 0.15) is 30.9 Å². The van der Waals surface area contributed by atoms with Gasteiger partial charge in [-0.15, -0.1) is 0 Å². The number of amidine groups is 1. The van der Waals surface area contributed by atoms with E-state index < -0.39 is 32.0 Å². The number of fused-ring (bicyclic) bond motifs is 1. The molecule has 1 atom stereocenters. The molecule has 1 amide bonds. The van der Waals surface area contributed by atoms with E-state index in [9.17, 15) is 21.6 Å². The average molecular weight is 586 g/mol.